The van der Waals surface area contributed by atoms with Gasteiger partial charge in [0, 0.05) is 17.9 Å². The maximum atomic E-state index is 12.2. The second-order valence-electron chi connectivity index (χ2n) is 5.42. The first-order valence-corrected chi connectivity index (χ1v) is 8.63. The van der Waals surface area contributed by atoms with Gasteiger partial charge in [-0.1, -0.05) is 61.0 Å². The van der Waals surface area contributed by atoms with Crippen molar-refractivity contribution in [1.29, 1.82) is 0 Å². The van der Waals surface area contributed by atoms with Crippen LogP contribution < -0.4 is 0 Å². The summed E-state index contributed by atoms with van der Waals surface area (Å²) in [7, 11) is 0. The molecule has 2 aromatic rings. The van der Waals surface area contributed by atoms with Crippen molar-refractivity contribution in [1.82, 2.24) is 0 Å². The molecule has 2 rings (SSSR count). The third-order valence-electron chi connectivity index (χ3n) is 3.71. The minimum atomic E-state index is -1.02. The first kappa shape index (κ1) is 19.0. The summed E-state index contributed by atoms with van der Waals surface area (Å²) in [6, 6.07) is 15.3. The lowest BCUT2D eigenvalue weighted by Crippen LogP contribution is -2.31. The molecular weight excluding hydrogens is 340 g/mol. The van der Waals surface area contributed by atoms with Gasteiger partial charge in [-0.3, -0.25) is 4.79 Å². The lowest BCUT2D eigenvalue weighted by atomic mass is 9.95. The second-order valence-corrected chi connectivity index (χ2v) is 5.83. The highest BCUT2D eigenvalue weighted by molar-refractivity contribution is 6.31. The van der Waals surface area contributed by atoms with E-state index in [-0.39, 0.29) is 19.4 Å². The Morgan fingerprint density at radius 2 is 1.76 bits per heavy atom. The molecule has 0 heterocycles. The Morgan fingerprint density at radius 3 is 2.40 bits per heavy atom. The zero-order valence-electron chi connectivity index (χ0n) is 14.3. The minimum Gasteiger partial charge on any atom is -0.463 e. The van der Waals surface area contributed by atoms with Crippen LogP contribution in [0.5, 0.6) is 0 Å². The molecule has 0 saturated carbocycles. The van der Waals surface area contributed by atoms with Gasteiger partial charge in [0.15, 0.2) is 0 Å². The molecule has 0 bridgehead atoms. The van der Waals surface area contributed by atoms with Crippen LogP contribution in [0.4, 0.5) is 0 Å². The molecule has 0 aliphatic carbocycles. The van der Waals surface area contributed by atoms with Gasteiger partial charge in [-0.15, -0.1) is 0 Å². The minimum absolute atomic E-state index is 0.161. The van der Waals surface area contributed by atoms with E-state index in [0.717, 1.165) is 16.7 Å². The van der Waals surface area contributed by atoms with Gasteiger partial charge < -0.3 is 9.47 Å². The third-order valence-corrected chi connectivity index (χ3v) is 4.06. The van der Waals surface area contributed by atoms with E-state index in [1.807, 2.05) is 42.5 Å². The van der Waals surface area contributed by atoms with Crippen LogP contribution in [-0.2, 0) is 25.5 Å². The molecule has 5 heteroatoms. The van der Waals surface area contributed by atoms with Crippen LogP contribution in [0.15, 0.2) is 48.5 Å². The Hall–Kier alpha value is -2.33. The molecule has 4 nitrogen and oxygen atoms in total. The average molecular weight is 361 g/mol. The predicted octanol–water partition coefficient (Wildman–Crippen LogP) is 4.43. The standard InChI is InChI=1S/C20H21ClO4/c1-3-19(22)25-18(20(23)24-4-2)13-16-15(11-8-12-17(16)21)14-9-6-5-7-10-14/h5-12,18H,3-4,13H2,1-2H3. The molecule has 0 aliphatic heterocycles. The van der Waals surface area contributed by atoms with Gasteiger partial charge in [-0.05, 0) is 29.7 Å². The molecule has 0 aliphatic rings. The molecule has 0 radical (unpaired) electrons. The normalized spacial score (nSPS) is 11.6. The Bertz CT molecular complexity index is 728. The zero-order chi connectivity index (χ0) is 18.2. The van der Waals surface area contributed by atoms with Crippen molar-refractivity contribution < 1.29 is 19.1 Å². The van der Waals surface area contributed by atoms with Crippen LogP contribution >= 0.6 is 11.6 Å². The molecule has 0 N–H and O–H groups in total. The summed E-state index contributed by atoms with van der Waals surface area (Å²) in [5.74, 6) is -1.02. The Balaban J connectivity index is 2.38. The Labute approximate surface area is 152 Å². The number of benzene rings is 2. The average Bonchev–Trinajstić information content (AvgIpc) is 2.63. The summed E-state index contributed by atoms with van der Waals surface area (Å²) in [5, 5.41) is 0.517. The van der Waals surface area contributed by atoms with Crippen molar-refractivity contribution in [3.05, 3.63) is 59.1 Å². The van der Waals surface area contributed by atoms with Crippen LogP contribution in [0.2, 0.25) is 5.02 Å². The van der Waals surface area contributed by atoms with Crippen LogP contribution in [0, 0.1) is 0 Å². The highest BCUT2D eigenvalue weighted by atomic mass is 35.5. The van der Waals surface area contributed by atoms with Crippen LogP contribution in [0.3, 0.4) is 0 Å². The summed E-state index contributed by atoms with van der Waals surface area (Å²) >= 11 is 6.38. The maximum absolute atomic E-state index is 12.2. The first-order valence-electron chi connectivity index (χ1n) is 8.25. The third kappa shape index (κ3) is 5.07. The Morgan fingerprint density at radius 1 is 1.04 bits per heavy atom. The fourth-order valence-electron chi connectivity index (χ4n) is 2.49. The largest absolute Gasteiger partial charge is 0.463 e. The summed E-state index contributed by atoms with van der Waals surface area (Å²) in [6.45, 7) is 3.60. The number of rotatable bonds is 7. The van der Waals surface area contributed by atoms with Gasteiger partial charge >= 0.3 is 11.9 Å². The maximum Gasteiger partial charge on any atom is 0.347 e. The van der Waals surface area contributed by atoms with Gasteiger partial charge in [0.2, 0.25) is 6.10 Å². The number of carbonyl (C=O) groups excluding carboxylic acids is 2. The molecule has 2 aromatic carbocycles. The first-order chi connectivity index (χ1) is 12.1. The van der Waals surface area contributed by atoms with Crippen molar-refractivity contribution in [2.45, 2.75) is 32.8 Å². The molecule has 1 atom stereocenters. The number of hydrogen-bond donors (Lipinski definition) is 0. The topological polar surface area (TPSA) is 52.6 Å². The smallest absolute Gasteiger partial charge is 0.347 e. The summed E-state index contributed by atoms with van der Waals surface area (Å²) in [6.07, 6.45) is -0.673. The molecule has 1 unspecified atom stereocenters. The van der Waals surface area contributed by atoms with Crippen LogP contribution in [0.25, 0.3) is 11.1 Å². The van der Waals surface area contributed by atoms with E-state index in [9.17, 15) is 9.59 Å². The summed E-state index contributed by atoms with van der Waals surface area (Å²) in [4.78, 5) is 23.9. The van der Waals surface area contributed by atoms with Crippen LogP contribution in [0.1, 0.15) is 25.8 Å². The molecule has 0 spiro atoms. The van der Waals surface area contributed by atoms with Gasteiger partial charge in [0.25, 0.3) is 0 Å². The van der Waals surface area contributed by atoms with Crippen molar-refractivity contribution in [3.63, 3.8) is 0 Å². The van der Waals surface area contributed by atoms with Crippen molar-refractivity contribution in [2.24, 2.45) is 0 Å². The van der Waals surface area contributed by atoms with Crippen molar-refractivity contribution in [2.75, 3.05) is 6.61 Å². The van der Waals surface area contributed by atoms with E-state index in [1.165, 1.54) is 0 Å². The SMILES string of the molecule is CCOC(=O)C(Cc1c(Cl)cccc1-c1ccccc1)OC(=O)CC. The number of esters is 2. The van der Waals surface area contributed by atoms with E-state index in [0.29, 0.717) is 5.02 Å². The quantitative estimate of drug-likeness (QED) is 0.685. The fraction of sp³-hybridized carbons (Fsp3) is 0.300. The zero-order valence-corrected chi connectivity index (χ0v) is 15.1. The van der Waals surface area contributed by atoms with E-state index < -0.39 is 18.0 Å². The molecule has 0 fully saturated rings. The second kappa shape index (κ2) is 9.23. The lowest BCUT2D eigenvalue weighted by molar-refractivity contribution is -0.167. The van der Waals surface area contributed by atoms with Crippen molar-refractivity contribution in [3.8, 4) is 11.1 Å². The van der Waals surface area contributed by atoms with E-state index >= 15 is 0 Å². The highest BCUT2D eigenvalue weighted by Gasteiger charge is 2.26. The Kier molecular flexibility index (Phi) is 7.02. The molecular formula is C20H21ClO4. The summed E-state index contributed by atoms with van der Waals surface area (Å²) in [5.41, 5.74) is 2.62. The number of hydrogen-bond acceptors (Lipinski definition) is 4. The molecule has 0 saturated heterocycles. The van der Waals surface area contributed by atoms with E-state index in [1.54, 1.807) is 19.9 Å². The fourth-order valence-corrected chi connectivity index (χ4v) is 2.74. The molecule has 25 heavy (non-hydrogen) atoms. The van der Waals surface area contributed by atoms with Crippen LogP contribution in [-0.4, -0.2) is 24.6 Å². The predicted molar refractivity (Wildman–Crippen MR) is 97.4 cm³/mol. The van der Waals surface area contributed by atoms with Gasteiger partial charge in [-0.2, -0.15) is 0 Å². The lowest BCUT2D eigenvalue weighted by Gasteiger charge is -2.19. The monoisotopic (exact) mass is 360 g/mol. The van der Waals surface area contributed by atoms with E-state index in [2.05, 4.69) is 0 Å². The molecule has 0 amide bonds. The molecule has 0 aromatic heterocycles. The number of carbonyl (C=O) groups is 2. The van der Waals surface area contributed by atoms with Crippen molar-refractivity contribution >= 4 is 23.5 Å². The van der Waals surface area contributed by atoms with Gasteiger partial charge in [0.1, 0.15) is 0 Å². The summed E-state index contributed by atoms with van der Waals surface area (Å²) < 4.78 is 10.3. The highest BCUT2D eigenvalue weighted by Crippen LogP contribution is 2.30. The van der Waals surface area contributed by atoms with E-state index in [4.69, 9.17) is 21.1 Å². The number of halogens is 1. The number of ether oxygens (including phenoxy) is 2. The van der Waals surface area contributed by atoms with Gasteiger partial charge in [0.05, 0.1) is 6.61 Å². The van der Waals surface area contributed by atoms with Gasteiger partial charge in [-0.25, -0.2) is 4.79 Å². The molecule has 132 valence electrons.